The maximum Gasteiger partial charge on any atom is 0.224 e. The summed E-state index contributed by atoms with van der Waals surface area (Å²) in [5.74, 6) is 1.94. The van der Waals surface area contributed by atoms with E-state index >= 15 is 0 Å². The van der Waals surface area contributed by atoms with Crippen molar-refractivity contribution in [2.45, 2.75) is 12.8 Å². The van der Waals surface area contributed by atoms with Crippen molar-refractivity contribution in [1.29, 1.82) is 0 Å². The zero-order valence-electron chi connectivity index (χ0n) is 14.6. The highest BCUT2D eigenvalue weighted by Crippen LogP contribution is 2.28. The number of halogens is 1. The van der Waals surface area contributed by atoms with Crippen LogP contribution in [0.1, 0.15) is 12.0 Å². The van der Waals surface area contributed by atoms with Gasteiger partial charge in [-0.2, -0.15) is 4.98 Å². The van der Waals surface area contributed by atoms with Gasteiger partial charge in [-0.05, 0) is 42.7 Å². The van der Waals surface area contributed by atoms with E-state index in [1.165, 1.54) is 5.56 Å². The number of hydrogen-bond donors (Lipinski definition) is 2. The fraction of sp³-hybridized carbons (Fsp3) is 0.200. The van der Waals surface area contributed by atoms with Crippen LogP contribution in [0, 0.1) is 0 Å². The maximum absolute atomic E-state index is 6.15. The molecule has 0 radical (unpaired) electrons. The fourth-order valence-corrected chi connectivity index (χ4v) is 2.80. The number of rotatable bonds is 8. The van der Waals surface area contributed by atoms with E-state index in [1.807, 2.05) is 24.3 Å². The van der Waals surface area contributed by atoms with Gasteiger partial charge in [-0.3, -0.25) is 0 Å². The Bertz CT molecular complexity index is 842. The molecule has 3 aromatic rings. The molecule has 0 amide bonds. The third-order valence-corrected chi connectivity index (χ3v) is 4.14. The summed E-state index contributed by atoms with van der Waals surface area (Å²) in [6.07, 6.45) is 3.76. The molecule has 0 saturated heterocycles. The molecule has 0 bridgehead atoms. The van der Waals surface area contributed by atoms with Gasteiger partial charge in [-0.25, -0.2) is 4.98 Å². The summed E-state index contributed by atoms with van der Waals surface area (Å²) in [5.41, 5.74) is 2.17. The number of aromatic nitrogens is 2. The Morgan fingerprint density at radius 2 is 1.92 bits per heavy atom. The van der Waals surface area contributed by atoms with Gasteiger partial charge in [0.05, 0.1) is 12.1 Å². The molecule has 0 saturated carbocycles. The van der Waals surface area contributed by atoms with Crippen LogP contribution in [-0.2, 0) is 6.42 Å². The van der Waals surface area contributed by atoms with Crippen molar-refractivity contribution >= 4 is 29.1 Å². The average molecular weight is 369 g/mol. The van der Waals surface area contributed by atoms with Gasteiger partial charge in [-0.15, -0.1) is 0 Å². The smallest absolute Gasteiger partial charge is 0.224 e. The minimum absolute atomic E-state index is 0.547. The lowest BCUT2D eigenvalue weighted by Gasteiger charge is -2.10. The number of aryl methyl sites for hydroxylation is 1. The van der Waals surface area contributed by atoms with Gasteiger partial charge in [0.25, 0.3) is 0 Å². The van der Waals surface area contributed by atoms with Crippen molar-refractivity contribution in [3.8, 4) is 5.75 Å². The summed E-state index contributed by atoms with van der Waals surface area (Å²) in [6, 6.07) is 17.8. The molecule has 6 heteroatoms. The van der Waals surface area contributed by atoms with Crippen LogP contribution in [0.25, 0.3) is 0 Å². The number of benzene rings is 2. The van der Waals surface area contributed by atoms with Crippen LogP contribution < -0.4 is 15.4 Å². The lowest BCUT2D eigenvalue weighted by Crippen LogP contribution is -2.07. The monoisotopic (exact) mass is 368 g/mol. The van der Waals surface area contributed by atoms with Crippen LogP contribution in [0.5, 0.6) is 5.75 Å². The number of hydrogen-bond acceptors (Lipinski definition) is 5. The van der Waals surface area contributed by atoms with Gasteiger partial charge in [0, 0.05) is 18.4 Å². The Kier molecular flexibility index (Phi) is 6.28. The largest absolute Gasteiger partial charge is 0.495 e. The molecular formula is C20H21ClN4O. The van der Waals surface area contributed by atoms with Crippen LogP contribution in [0.15, 0.2) is 60.8 Å². The average Bonchev–Trinajstić information content (AvgIpc) is 2.67. The predicted molar refractivity (Wildman–Crippen MR) is 107 cm³/mol. The fourth-order valence-electron chi connectivity index (χ4n) is 2.54. The van der Waals surface area contributed by atoms with Crippen LogP contribution in [0.3, 0.4) is 0 Å². The van der Waals surface area contributed by atoms with Gasteiger partial charge in [-0.1, -0.05) is 41.9 Å². The number of ether oxygens (including phenoxy) is 1. The minimum atomic E-state index is 0.547. The highest BCUT2D eigenvalue weighted by Gasteiger charge is 2.04. The van der Waals surface area contributed by atoms with Crippen LogP contribution >= 0.6 is 11.6 Å². The highest BCUT2D eigenvalue weighted by molar-refractivity contribution is 6.32. The molecular weight excluding hydrogens is 348 g/mol. The second-order valence-electron chi connectivity index (χ2n) is 5.76. The predicted octanol–water partition coefficient (Wildman–Crippen LogP) is 4.93. The quantitative estimate of drug-likeness (QED) is 0.552. The standard InChI is InChI=1S/C20H21ClN4O/c1-26-18-10-9-16(14-17(18)21)24-19-11-13-23-20(25-19)22-12-5-8-15-6-3-2-4-7-15/h2-4,6-7,9-11,13-14H,5,8,12H2,1H3,(H2,22,23,24,25). The molecule has 26 heavy (non-hydrogen) atoms. The second-order valence-corrected chi connectivity index (χ2v) is 6.16. The Morgan fingerprint density at radius 3 is 2.69 bits per heavy atom. The van der Waals surface area contributed by atoms with Gasteiger partial charge in [0.2, 0.25) is 5.95 Å². The summed E-state index contributed by atoms with van der Waals surface area (Å²) in [5, 5.41) is 7.03. The van der Waals surface area contributed by atoms with Gasteiger partial charge < -0.3 is 15.4 Å². The molecule has 2 aromatic carbocycles. The third-order valence-electron chi connectivity index (χ3n) is 3.85. The Morgan fingerprint density at radius 1 is 1.08 bits per heavy atom. The van der Waals surface area contributed by atoms with Crippen LogP contribution in [0.4, 0.5) is 17.5 Å². The van der Waals surface area contributed by atoms with Gasteiger partial charge in [0.15, 0.2) is 0 Å². The Labute approximate surface area is 158 Å². The van der Waals surface area contributed by atoms with E-state index in [-0.39, 0.29) is 0 Å². The molecule has 134 valence electrons. The molecule has 1 heterocycles. The summed E-state index contributed by atoms with van der Waals surface area (Å²) in [4.78, 5) is 8.74. The van der Waals surface area contributed by atoms with Crippen molar-refractivity contribution in [3.63, 3.8) is 0 Å². The second kappa shape index (κ2) is 9.06. The van der Waals surface area contributed by atoms with Crippen LogP contribution in [-0.4, -0.2) is 23.6 Å². The minimum Gasteiger partial charge on any atom is -0.495 e. The zero-order valence-corrected chi connectivity index (χ0v) is 15.3. The Hall–Kier alpha value is -2.79. The molecule has 0 aliphatic heterocycles. The first-order valence-electron chi connectivity index (χ1n) is 8.46. The number of methoxy groups -OCH3 is 1. The van der Waals surface area contributed by atoms with E-state index in [2.05, 4.69) is 44.9 Å². The highest BCUT2D eigenvalue weighted by atomic mass is 35.5. The molecule has 0 aliphatic rings. The third kappa shape index (κ3) is 5.10. The zero-order chi connectivity index (χ0) is 18.2. The summed E-state index contributed by atoms with van der Waals surface area (Å²) >= 11 is 6.15. The molecule has 3 rings (SSSR count). The van der Waals surface area contributed by atoms with E-state index in [9.17, 15) is 0 Å². The SMILES string of the molecule is COc1ccc(Nc2ccnc(NCCCc3ccccc3)n2)cc1Cl. The summed E-state index contributed by atoms with van der Waals surface area (Å²) < 4.78 is 5.16. The van der Waals surface area contributed by atoms with Gasteiger partial charge in [0.1, 0.15) is 11.6 Å². The molecule has 2 N–H and O–H groups in total. The molecule has 0 unspecified atom stereocenters. The summed E-state index contributed by atoms with van der Waals surface area (Å²) in [7, 11) is 1.59. The lowest BCUT2D eigenvalue weighted by molar-refractivity contribution is 0.415. The first-order chi connectivity index (χ1) is 12.7. The normalized spacial score (nSPS) is 10.4. The number of nitrogens with zero attached hydrogens (tertiary/aromatic N) is 2. The van der Waals surface area contributed by atoms with E-state index in [0.29, 0.717) is 22.5 Å². The molecule has 0 fully saturated rings. The Balaban J connectivity index is 1.53. The first kappa shape index (κ1) is 18.0. The number of anilines is 3. The van der Waals surface area contributed by atoms with Crippen molar-refractivity contribution < 1.29 is 4.74 Å². The number of nitrogens with one attached hydrogen (secondary N) is 2. The maximum atomic E-state index is 6.15. The first-order valence-corrected chi connectivity index (χ1v) is 8.84. The molecule has 0 atom stereocenters. The lowest BCUT2D eigenvalue weighted by atomic mass is 10.1. The molecule has 0 spiro atoms. The topological polar surface area (TPSA) is 59.1 Å². The summed E-state index contributed by atoms with van der Waals surface area (Å²) in [6.45, 7) is 0.812. The van der Waals surface area contributed by atoms with Crippen molar-refractivity contribution in [2.24, 2.45) is 0 Å². The van der Waals surface area contributed by atoms with E-state index in [0.717, 1.165) is 25.1 Å². The van der Waals surface area contributed by atoms with Crippen molar-refractivity contribution in [1.82, 2.24) is 9.97 Å². The van der Waals surface area contributed by atoms with E-state index in [1.54, 1.807) is 19.4 Å². The van der Waals surface area contributed by atoms with Gasteiger partial charge >= 0.3 is 0 Å². The molecule has 1 aromatic heterocycles. The molecule has 5 nitrogen and oxygen atoms in total. The van der Waals surface area contributed by atoms with Crippen molar-refractivity contribution in [2.75, 3.05) is 24.3 Å². The molecule has 0 aliphatic carbocycles. The van der Waals surface area contributed by atoms with E-state index < -0.39 is 0 Å². The van der Waals surface area contributed by atoms with Crippen molar-refractivity contribution in [3.05, 3.63) is 71.4 Å². The van der Waals surface area contributed by atoms with E-state index in [4.69, 9.17) is 16.3 Å². The van der Waals surface area contributed by atoms with Crippen LogP contribution in [0.2, 0.25) is 5.02 Å².